The largest absolute Gasteiger partial charge is 0.394 e. The molecule has 0 aliphatic heterocycles. The fraction of sp³-hybridized carbons (Fsp3) is 0.857. The zero-order valence-corrected chi connectivity index (χ0v) is 7.22. The summed E-state index contributed by atoms with van der Waals surface area (Å²) in [6.45, 7) is 2.48. The zero-order valence-electron chi connectivity index (χ0n) is 7.22. The first-order valence-corrected chi connectivity index (χ1v) is 3.68. The van der Waals surface area contributed by atoms with Gasteiger partial charge in [-0.15, -0.1) is 0 Å². The van der Waals surface area contributed by atoms with Gasteiger partial charge in [0.1, 0.15) is 6.42 Å². The second-order valence-corrected chi connectivity index (χ2v) is 2.93. The average molecular weight is 243 g/mol. The SMILES string of the molecule is [CH2]CC(F)(F)[C@H](F)C(F)(F)CC(F)(F)F. The molecule has 0 unspecified atom stereocenters. The number of alkyl halides is 8. The molecule has 91 valence electrons. The van der Waals surface area contributed by atoms with Crippen molar-refractivity contribution in [1.82, 2.24) is 0 Å². The third-order valence-corrected chi connectivity index (χ3v) is 1.51. The van der Waals surface area contributed by atoms with Crippen molar-refractivity contribution in [3.63, 3.8) is 0 Å². The fourth-order valence-electron chi connectivity index (χ4n) is 0.793. The van der Waals surface area contributed by atoms with Gasteiger partial charge in [0, 0.05) is 6.42 Å². The van der Waals surface area contributed by atoms with E-state index < -0.39 is 37.0 Å². The van der Waals surface area contributed by atoms with Crippen LogP contribution in [0.15, 0.2) is 0 Å². The molecule has 0 heterocycles. The van der Waals surface area contributed by atoms with Gasteiger partial charge in [0.15, 0.2) is 0 Å². The Morgan fingerprint density at radius 3 is 1.53 bits per heavy atom. The molecule has 0 aromatic carbocycles. The monoisotopic (exact) mass is 243 g/mol. The Bertz CT molecular complexity index is 206. The third kappa shape index (κ3) is 4.21. The Hall–Kier alpha value is -0.560. The van der Waals surface area contributed by atoms with Gasteiger partial charge in [-0.25, -0.2) is 22.0 Å². The molecule has 0 saturated heterocycles. The molecular formula is C7H7F8. The van der Waals surface area contributed by atoms with Crippen molar-refractivity contribution in [2.45, 2.75) is 37.0 Å². The van der Waals surface area contributed by atoms with Crippen molar-refractivity contribution < 1.29 is 35.1 Å². The molecule has 15 heavy (non-hydrogen) atoms. The van der Waals surface area contributed by atoms with E-state index in [2.05, 4.69) is 6.92 Å². The van der Waals surface area contributed by atoms with E-state index in [0.29, 0.717) is 0 Å². The van der Waals surface area contributed by atoms with Gasteiger partial charge in [0.05, 0.1) is 0 Å². The first kappa shape index (κ1) is 14.4. The molecule has 0 fully saturated rings. The second kappa shape index (κ2) is 4.13. The van der Waals surface area contributed by atoms with Crippen LogP contribution < -0.4 is 0 Å². The van der Waals surface area contributed by atoms with Crippen LogP contribution in [0, 0.1) is 6.92 Å². The first-order chi connectivity index (χ1) is 6.42. The average Bonchev–Trinajstić information content (AvgIpc) is 1.98. The summed E-state index contributed by atoms with van der Waals surface area (Å²) in [5.74, 6) is -9.73. The molecule has 0 bridgehead atoms. The second-order valence-electron chi connectivity index (χ2n) is 2.93. The Balaban J connectivity index is 4.73. The number of rotatable bonds is 4. The lowest BCUT2D eigenvalue weighted by Crippen LogP contribution is -2.46. The van der Waals surface area contributed by atoms with Gasteiger partial charge in [-0.2, -0.15) is 13.2 Å². The molecule has 0 nitrogen and oxygen atoms in total. The van der Waals surface area contributed by atoms with Crippen molar-refractivity contribution >= 4 is 0 Å². The molecular weight excluding hydrogens is 236 g/mol. The standard InChI is InChI=1S/C7H7F8/c1-2-5(9,10)4(8)6(11,12)3-7(13,14)15/h4H,1-3H2/t4-/m0/s1. The summed E-state index contributed by atoms with van der Waals surface area (Å²) in [6.07, 6.45) is -14.1. The van der Waals surface area contributed by atoms with Gasteiger partial charge in [-0.3, -0.25) is 0 Å². The molecule has 0 spiro atoms. The maximum atomic E-state index is 12.4. The summed E-state index contributed by atoms with van der Waals surface area (Å²) < 4.78 is 96.4. The van der Waals surface area contributed by atoms with Gasteiger partial charge >= 0.3 is 6.18 Å². The van der Waals surface area contributed by atoms with Crippen LogP contribution in [0.4, 0.5) is 35.1 Å². The molecule has 0 N–H and O–H groups in total. The van der Waals surface area contributed by atoms with Crippen LogP contribution in [0.1, 0.15) is 12.8 Å². The lowest BCUT2D eigenvalue weighted by atomic mass is 10.0. The van der Waals surface area contributed by atoms with Gasteiger partial charge in [-0.05, 0) is 6.92 Å². The summed E-state index contributed by atoms with van der Waals surface area (Å²) in [4.78, 5) is 0. The van der Waals surface area contributed by atoms with Crippen molar-refractivity contribution in [2.75, 3.05) is 0 Å². The van der Waals surface area contributed by atoms with Crippen LogP contribution in [0.3, 0.4) is 0 Å². The fourth-order valence-corrected chi connectivity index (χ4v) is 0.793. The minimum Gasteiger partial charge on any atom is -0.234 e. The quantitative estimate of drug-likeness (QED) is 0.659. The summed E-state index contributed by atoms with van der Waals surface area (Å²) in [5.41, 5.74) is 0. The van der Waals surface area contributed by atoms with Gasteiger partial charge in [0.25, 0.3) is 11.8 Å². The number of hydrogen-bond acceptors (Lipinski definition) is 0. The molecule has 0 aliphatic rings. The van der Waals surface area contributed by atoms with Crippen LogP contribution in [-0.4, -0.2) is 24.2 Å². The van der Waals surface area contributed by atoms with Crippen molar-refractivity contribution in [3.8, 4) is 0 Å². The molecule has 0 amide bonds. The van der Waals surface area contributed by atoms with Crippen molar-refractivity contribution in [3.05, 3.63) is 6.92 Å². The van der Waals surface area contributed by atoms with Crippen LogP contribution in [0.2, 0.25) is 0 Å². The van der Waals surface area contributed by atoms with Crippen LogP contribution >= 0.6 is 0 Å². The highest BCUT2D eigenvalue weighted by atomic mass is 19.4. The van der Waals surface area contributed by atoms with Crippen LogP contribution in [0.5, 0.6) is 0 Å². The Morgan fingerprint density at radius 1 is 0.867 bits per heavy atom. The summed E-state index contributed by atoms with van der Waals surface area (Å²) in [5, 5.41) is 0. The highest BCUT2D eigenvalue weighted by Crippen LogP contribution is 2.41. The lowest BCUT2D eigenvalue weighted by Gasteiger charge is -2.27. The summed E-state index contributed by atoms with van der Waals surface area (Å²) >= 11 is 0. The molecule has 1 radical (unpaired) electrons. The molecule has 8 heteroatoms. The number of halogens is 8. The van der Waals surface area contributed by atoms with Crippen molar-refractivity contribution in [2.24, 2.45) is 0 Å². The molecule has 0 aliphatic carbocycles. The smallest absolute Gasteiger partial charge is 0.234 e. The van der Waals surface area contributed by atoms with E-state index in [4.69, 9.17) is 0 Å². The van der Waals surface area contributed by atoms with Crippen LogP contribution in [0.25, 0.3) is 0 Å². The predicted molar refractivity (Wildman–Crippen MR) is 35.4 cm³/mol. The molecule has 0 aromatic heterocycles. The Kier molecular flexibility index (Phi) is 3.98. The van der Waals surface area contributed by atoms with E-state index >= 15 is 0 Å². The highest BCUT2D eigenvalue weighted by molar-refractivity contribution is 4.90. The van der Waals surface area contributed by atoms with E-state index in [1.165, 1.54) is 0 Å². The molecule has 0 aromatic rings. The van der Waals surface area contributed by atoms with E-state index in [9.17, 15) is 35.1 Å². The van der Waals surface area contributed by atoms with Crippen molar-refractivity contribution in [1.29, 1.82) is 0 Å². The maximum Gasteiger partial charge on any atom is 0.394 e. The summed E-state index contributed by atoms with van der Waals surface area (Å²) in [6, 6.07) is 0. The minimum absolute atomic E-state index is 1.54. The Morgan fingerprint density at radius 2 is 1.27 bits per heavy atom. The van der Waals surface area contributed by atoms with E-state index in [0.717, 1.165) is 0 Å². The predicted octanol–water partition coefficient (Wildman–Crippen LogP) is 3.77. The lowest BCUT2D eigenvalue weighted by molar-refractivity contribution is -0.237. The molecule has 1 atom stereocenters. The van der Waals surface area contributed by atoms with Gasteiger partial charge in [0.2, 0.25) is 6.17 Å². The highest BCUT2D eigenvalue weighted by Gasteiger charge is 2.58. The topological polar surface area (TPSA) is 0 Å². The zero-order chi connectivity index (χ0) is 12.5. The van der Waals surface area contributed by atoms with Gasteiger partial charge < -0.3 is 0 Å². The molecule has 0 saturated carbocycles. The minimum atomic E-state index is -5.41. The van der Waals surface area contributed by atoms with E-state index in [1.54, 1.807) is 0 Å². The van der Waals surface area contributed by atoms with Gasteiger partial charge in [-0.1, -0.05) is 0 Å². The maximum absolute atomic E-state index is 12.4. The Labute approximate surface area is 80.3 Å². The van der Waals surface area contributed by atoms with Crippen LogP contribution in [-0.2, 0) is 0 Å². The normalized spacial score (nSPS) is 16.6. The van der Waals surface area contributed by atoms with E-state index in [1.807, 2.05) is 0 Å². The van der Waals surface area contributed by atoms with E-state index in [-0.39, 0.29) is 0 Å². The third-order valence-electron chi connectivity index (χ3n) is 1.51. The summed E-state index contributed by atoms with van der Waals surface area (Å²) in [7, 11) is 0. The first-order valence-electron chi connectivity index (χ1n) is 3.68. The molecule has 0 rings (SSSR count). The number of hydrogen-bond donors (Lipinski definition) is 0.